The van der Waals surface area contributed by atoms with Gasteiger partial charge in [0.15, 0.2) is 0 Å². The van der Waals surface area contributed by atoms with E-state index in [1.54, 1.807) is 6.33 Å². The van der Waals surface area contributed by atoms with E-state index in [-0.39, 0.29) is 5.92 Å². The van der Waals surface area contributed by atoms with E-state index in [0.29, 0.717) is 6.54 Å². The monoisotopic (exact) mass is 321 g/mol. The highest BCUT2D eigenvalue weighted by molar-refractivity contribution is 6.00. The van der Waals surface area contributed by atoms with Crippen molar-refractivity contribution in [3.63, 3.8) is 0 Å². The molecule has 2 heterocycles. The number of benzene rings is 1. The third kappa shape index (κ3) is 2.56. The van der Waals surface area contributed by atoms with Crippen molar-refractivity contribution in [3.05, 3.63) is 48.3 Å². The van der Waals surface area contributed by atoms with Crippen molar-refractivity contribution < 1.29 is 9.90 Å². The Kier molecular flexibility index (Phi) is 3.76. The molecular formula is C19H19N3O2. The van der Waals surface area contributed by atoms with Crippen molar-refractivity contribution in [2.45, 2.75) is 19.3 Å². The summed E-state index contributed by atoms with van der Waals surface area (Å²) < 4.78 is 0. The molecule has 5 nitrogen and oxygen atoms in total. The average Bonchev–Trinajstić information content (AvgIpc) is 3.15. The molecule has 1 aromatic carbocycles. The van der Waals surface area contributed by atoms with Gasteiger partial charge in [0, 0.05) is 13.1 Å². The number of aromatic nitrogens is 2. The quantitative estimate of drug-likeness (QED) is 0.940. The SMILES string of the molecule is O=C(O)C1CCCN(c2ncnc3cccc(C4=CC=CC4)c23)C1. The van der Waals surface area contributed by atoms with E-state index >= 15 is 0 Å². The standard InChI is InChI=1S/C19H19N3O2/c23-19(24)14-7-4-10-22(11-14)18-17-15(13-5-1-2-6-13)8-3-9-16(17)20-12-21-18/h1-3,5,8-9,12,14H,4,6-7,10-11H2,(H,23,24). The number of hydrogen-bond acceptors (Lipinski definition) is 4. The zero-order chi connectivity index (χ0) is 16.5. The van der Waals surface area contributed by atoms with E-state index in [9.17, 15) is 9.90 Å². The fraction of sp³-hybridized carbons (Fsp3) is 0.316. The minimum atomic E-state index is -0.721. The van der Waals surface area contributed by atoms with Crippen molar-refractivity contribution in [3.8, 4) is 0 Å². The Morgan fingerprint density at radius 1 is 1.29 bits per heavy atom. The van der Waals surface area contributed by atoms with Gasteiger partial charge in [-0.15, -0.1) is 0 Å². The number of allylic oxidation sites excluding steroid dienone is 4. The Bertz CT molecular complexity index is 852. The number of aliphatic carboxylic acids is 1. The van der Waals surface area contributed by atoms with Crippen molar-refractivity contribution in [1.82, 2.24) is 9.97 Å². The van der Waals surface area contributed by atoms with E-state index in [4.69, 9.17) is 0 Å². The van der Waals surface area contributed by atoms with E-state index in [0.717, 1.165) is 48.1 Å². The van der Waals surface area contributed by atoms with Gasteiger partial charge in [-0.3, -0.25) is 4.79 Å². The van der Waals surface area contributed by atoms with Crippen LogP contribution in [0.1, 0.15) is 24.8 Å². The van der Waals surface area contributed by atoms with Gasteiger partial charge < -0.3 is 10.0 Å². The molecule has 122 valence electrons. The average molecular weight is 321 g/mol. The van der Waals surface area contributed by atoms with Crippen LogP contribution < -0.4 is 4.90 Å². The number of fused-ring (bicyclic) bond motifs is 1. The predicted molar refractivity (Wildman–Crippen MR) is 93.8 cm³/mol. The zero-order valence-electron chi connectivity index (χ0n) is 13.4. The van der Waals surface area contributed by atoms with Crippen molar-refractivity contribution in [1.29, 1.82) is 0 Å². The predicted octanol–water partition coefficient (Wildman–Crippen LogP) is 3.27. The van der Waals surface area contributed by atoms with Gasteiger partial charge >= 0.3 is 5.97 Å². The Labute approximate surface area is 140 Å². The second kappa shape index (κ2) is 6.07. The smallest absolute Gasteiger partial charge is 0.308 e. The van der Waals surface area contributed by atoms with Crippen LogP contribution in [0, 0.1) is 5.92 Å². The molecule has 1 aromatic heterocycles. The lowest BCUT2D eigenvalue weighted by atomic mass is 9.96. The summed E-state index contributed by atoms with van der Waals surface area (Å²) in [7, 11) is 0. The normalized spacial score (nSPS) is 20.4. The molecule has 2 aromatic rings. The minimum Gasteiger partial charge on any atom is -0.481 e. The summed E-state index contributed by atoms with van der Waals surface area (Å²) in [6, 6.07) is 6.11. The van der Waals surface area contributed by atoms with Crippen LogP contribution in [-0.2, 0) is 4.79 Å². The lowest BCUT2D eigenvalue weighted by Gasteiger charge is -2.32. The molecule has 0 bridgehead atoms. The molecule has 1 N–H and O–H groups in total. The topological polar surface area (TPSA) is 66.3 Å². The molecule has 1 aliphatic carbocycles. The van der Waals surface area contributed by atoms with Crippen LogP contribution in [0.15, 0.2) is 42.8 Å². The lowest BCUT2D eigenvalue weighted by Crippen LogP contribution is -2.39. The van der Waals surface area contributed by atoms with Crippen LogP contribution in [-0.4, -0.2) is 34.1 Å². The molecule has 1 atom stereocenters. The van der Waals surface area contributed by atoms with E-state index in [1.165, 1.54) is 5.57 Å². The summed E-state index contributed by atoms with van der Waals surface area (Å²) in [4.78, 5) is 22.5. The molecule has 1 fully saturated rings. The van der Waals surface area contributed by atoms with Crippen molar-refractivity contribution >= 4 is 28.3 Å². The number of rotatable bonds is 3. The Balaban J connectivity index is 1.82. The highest BCUT2D eigenvalue weighted by Gasteiger charge is 2.27. The molecule has 1 saturated heterocycles. The second-order valence-corrected chi connectivity index (χ2v) is 6.34. The fourth-order valence-corrected chi connectivity index (χ4v) is 3.62. The summed E-state index contributed by atoms with van der Waals surface area (Å²) in [6.07, 6.45) is 10.4. The summed E-state index contributed by atoms with van der Waals surface area (Å²) in [5.41, 5.74) is 3.30. The summed E-state index contributed by atoms with van der Waals surface area (Å²) in [5, 5.41) is 10.4. The molecule has 24 heavy (non-hydrogen) atoms. The second-order valence-electron chi connectivity index (χ2n) is 6.34. The molecular weight excluding hydrogens is 302 g/mol. The molecule has 1 unspecified atom stereocenters. The van der Waals surface area contributed by atoms with Crippen LogP contribution in [0.2, 0.25) is 0 Å². The van der Waals surface area contributed by atoms with Crippen LogP contribution in [0.25, 0.3) is 16.5 Å². The van der Waals surface area contributed by atoms with Gasteiger partial charge in [0.1, 0.15) is 12.1 Å². The minimum absolute atomic E-state index is 0.330. The summed E-state index contributed by atoms with van der Waals surface area (Å²) >= 11 is 0. The van der Waals surface area contributed by atoms with E-state index in [2.05, 4.69) is 39.2 Å². The summed E-state index contributed by atoms with van der Waals surface area (Å²) in [5.74, 6) is -0.196. The van der Waals surface area contributed by atoms with Gasteiger partial charge in [-0.1, -0.05) is 30.4 Å². The molecule has 1 aliphatic heterocycles. The van der Waals surface area contributed by atoms with Crippen molar-refractivity contribution in [2.24, 2.45) is 5.92 Å². The number of anilines is 1. The Morgan fingerprint density at radius 3 is 3.00 bits per heavy atom. The highest BCUT2D eigenvalue weighted by Crippen LogP contribution is 2.35. The van der Waals surface area contributed by atoms with Gasteiger partial charge in [0.05, 0.1) is 16.8 Å². The number of carboxylic acids is 1. The Morgan fingerprint density at radius 2 is 2.21 bits per heavy atom. The molecule has 0 spiro atoms. The Hall–Kier alpha value is -2.69. The van der Waals surface area contributed by atoms with Crippen LogP contribution in [0.5, 0.6) is 0 Å². The van der Waals surface area contributed by atoms with Crippen LogP contribution >= 0.6 is 0 Å². The first-order valence-corrected chi connectivity index (χ1v) is 8.31. The van der Waals surface area contributed by atoms with Crippen LogP contribution in [0.4, 0.5) is 5.82 Å². The van der Waals surface area contributed by atoms with Crippen LogP contribution in [0.3, 0.4) is 0 Å². The molecule has 4 rings (SSSR count). The van der Waals surface area contributed by atoms with Gasteiger partial charge in [0.2, 0.25) is 0 Å². The number of carboxylic acid groups (broad SMARTS) is 1. The number of carbonyl (C=O) groups is 1. The number of hydrogen-bond donors (Lipinski definition) is 1. The zero-order valence-corrected chi connectivity index (χ0v) is 13.4. The largest absolute Gasteiger partial charge is 0.481 e. The number of nitrogens with zero attached hydrogens (tertiary/aromatic N) is 3. The maximum Gasteiger partial charge on any atom is 0.308 e. The fourth-order valence-electron chi connectivity index (χ4n) is 3.62. The lowest BCUT2D eigenvalue weighted by molar-refractivity contribution is -0.141. The van der Waals surface area contributed by atoms with Gasteiger partial charge in [-0.2, -0.15) is 0 Å². The number of piperidine rings is 1. The maximum absolute atomic E-state index is 11.4. The van der Waals surface area contributed by atoms with Gasteiger partial charge in [0.25, 0.3) is 0 Å². The molecule has 5 heteroatoms. The maximum atomic E-state index is 11.4. The van der Waals surface area contributed by atoms with E-state index < -0.39 is 5.97 Å². The third-order valence-electron chi connectivity index (χ3n) is 4.83. The van der Waals surface area contributed by atoms with E-state index in [1.807, 2.05) is 12.1 Å². The molecule has 0 amide bonds. The van der Waals surface area contributed by atoms with Crippen molar-refractivity contribution in [2.75, 3.05) is 18.0 Å². The summed E-state index contributed by atoms with van der Waals surface area (Å²) in [6.45, 7) is 1.34. The third-order valence-corrected chi connectivity index (χ3v) is 4.83. The van der Waals surface area contributed by atoms with Gasteiger partial charge in [-0.25, -0.2) is 9.97 Å². The van der Waals surface area contributed by atoms with Gasteiger partial charge in [-0.05, 0) is 36.5 Å². The molecule has 0 saturated carbocycles. The highest BCUT2D eigenvalue weighted by atomic mass is 16.4. The molecule has 2 aliphatic rings. The first-order valence-electron chi connectivity index (χ1n) is 8.31. The molecule has 0 radical (unpaired) electrons. The first-order chi connectivity index (χ1) is 11.7. The first kappa shape index (κ1) is 14.9.